The number of rotatable bonds is 5. The smallest absolute Gasteiger partial charge is 0.229 e. The Balaban J connectivity index is 1.98. The van der Waals surface area contributed by atoms with Crippen molar-refractivity contribution >= 4 is 5.91 Å². The van der Waals surface area contributed by atoms with Crippen LogP contribution in [0, 0.1) is 6.92 Å². The Morgan fingerprint density at radius 1 is 1.25 bits per heavy atom. The van der Waals surface area contributed by atoms with E-state index < -0.39 is 0 Å². The molecule has 0 spiro atoms. The van der Waals surface area contributed by atoms with Crippen molar-refractivity contribution < 1.29 is 4.79 Å². The lowest BCUT2D eigenvalue weighted by molar-refractivity contribution is -0.122. The summed E-state index contributed by atoms with van der Waals surface area (Å²) in [4.78, 5) is 16.4. The number of nitrogens with two attached hydrogens (primary N) is 1. The number of carbonyl (C=O) groups excluding carboxylic acids is 1. The van der Waals surface area contributed by atoms with E-state index in [-0.39, 0.29) is 11.8 Å². The average Bonchev–Trinajstić information content (AvgIpc) is 2.48. The van der Waals surface area contributed by atoms with Crippen molar-refractivity contribution in [3.05, 3.63) is 65.5 Å². The van der Waals surface area contributed by atoms with Crippen molar-refractivity contribution in [1.82, 2.24) is 10.3 Å². The van der Waals surface area contributed by atoms with Gasteiger partial charge in [-0.2, -0.15) is 0 Å². The number of pyridine rings is 1. The zero-order valence-corrected chi connectivity index (χ0v) is 11.5. The lowest BCUT2D eigenvalue weighted by Crippen LogP contribution is -2.33. The van der Waals surface area contributed by atoms with E-state index in [2.05, 4.69) is 10.3 Å². The molecule has 0 radical (unpaired) electrons. The molecule has 0 saturated carbocycles. The summed E-state index contributed by atoms with van der Waals surface area (Å²) in [6, 6.07) is 13.5. The van der Waals surface area contributed by atoms with Gasteiger partial charge < -0.3 is 11.1 Å². The molecule has 4 nitrogen and oxygen atoms in total. The van der Waals surface area contributed by atoms with E-state index in [4.69, 9.17) is 5.73 Å². The van der Waals surface area contributed by atoms with Crippen LogP contribution in [0.5, 0.6) is 0 Å². The Labute approximate surface area is 119 Å². The number of aryl methyl sites for hydroxylation is 1. The van der Waals surface area contributed by atoms with E-state index in [1.54, 1.807) is 6.20 Å². The van der Waals surface area contributed by atoms with Crippen LogP contribution >= 0.6 is 0 Å². The Morgan fingerprint density at radius 2 is 2.00 bits per heavy atom. The first kappa shape index (κ1) is 14.2. The highest BCUT2D eigenvalue weighted by atomic mass is 16.1. The summed E-state index contributed by atoms with van der Waals surface area (Å²) in [7, 11) is 0. The zero-order chi connectivity index (χ0) is 14.4. The molecule has 1 aromatic heterocycles. The second kappa shape index (κ2) is 6.82. The molecule has 2 rings (SSSR count). The van der Waals surface area contributed by atoms with Gasteiger partial charge >= 0.3 is 0 Å². The molecule has 0 aliphatic heterocycles. The quantitative estimate of drug-likeness (QED) is 0.869. The summed E-state index contributed by atoms with van der Waals surface area (Å²) in [5, 5.41) is 2.91. The summed E-state index contributed by atoms with van der Waals surface area (Å²) < 4.78 is 0. The van der Waals surface area contributed by atoms with Gasteiger partial charge in [0.1, 0.15) is 0 Å². The molecule has 2 aromatic rings. The normalized spacial score (nSPS) is 11.9. The van der Waals surface area contributed by atoms with Gasteiger partial charge in [-0.15, -0.1) is 0 Å². The predicted octanol–water partition coefficient (Wildman–Crippen LogP) is 1.75. The summed E-state index contributed by atoms with van der Waals surface area (Å²) >= 11 is 0. The Bertz CT molecular complexity index is 552. The van der Waals surface area contributed by atoms with Crippen molar-refractivity contribution in [1.29, 1.82) is 0 Å². The molecule has 1 unspecified atom stereocenters. The van der Waals surface area contributed by atoms with E-state index in [1.165, 1.54) is 0 Å². The molecule has 4 heteroatoms. The number of aromatic nitrogens is 1. The molecule has 0 bridgehead atoms. The summed E-state index contributed by atoms with van der Waals surface area (Å²) in [5.41, 5.74) is 8.60. The molecule has 0 fully saturated rings. The van der Waals surface area contributed by atoms with E-state index in [9.17, 15) is 4.79 Å². The van der Waals surface area contributed by atoms with Gasteiger partial charge in [0.15, 0.2) is 0 Å². The molecule has 3 N–H and O–H groups in total. The van der Waals surface area contributed by atoms with Crippen LogP contribution in [0.4, 0.5) is 0 Å². The second-order valence-electron chi connectivity index (χ2n) is 4.72. The average molecular weight is 269 g/mol. The van der Waals surface area contributed by atoms with Gasteiger partial charge in [0.05, 0.1) is 5.92 Å². The highest BCUT2D eigenvalue weighted by Gasteiger charge is 2.18. The lowest BCUT2D eigenvalue weighted by Gasteiger charge is -2.15. The van der Waals surface area contributed by atoms with Gasteiger partial charge in [0.25, 0.3) is 0 Å². The largest absolute Gasteiger partial charge is 0.351 e. The Morgan fingerprint density at radius 3 is 2.60 bits per heavy atom. The van der Waals surface area contributed by atoms with Gasteiger partial charge in [-0.25, -0.2) is 0 Å². The van der Waals surface area contributed by atoms with Crippen LogP contribution in [-0.2, 0) is 11.3 Å². The fourth-order valence-corrected chi connectivity index (χ4v) is 2.00. The fraction of sp³-hybridized carbons (Fsp3) is 0.250. The van der Waals surface area contributed by atoms with Crippen molar-refractivity contribution in [2.45, 2.75) is 19.4 Å². The molecule has 1 amide bonds. The zero-order valence-electron chi connectivity index (χ0n) is 11.5. The van der Waals surface area contributed by atoms with E-state index in [0.29, 0.717) is 13.1 Å². The number of carbonyl (C=O) groups is 1. The third-order valence-electron chi connectivity index (χ3n) is 3.19. The summed E-state index contributed by atoms with van der Waals surface area (Å²) in [6.45, 7) is 2.69. The number of hydrogen-bond acceptors (Lipinski definition) is 3. The van der Waals surface area contributed by atoms with Crippen LogP contribution < -0.4 is 11.1 Å². The summed E-state index contributed by atoms with van der Waals surface area (Å²) in [5.74, 6) is -0.367. The molecule has 1 heterocycles. The van der Waals surface area contributed by atoms with Crippen molar-refractivity contribution in [3.63, 3.8) is 0 Å². The van der Waals surface area contributed by atoms with Gasteiger partial charge in [-0.3, -0.25) is 9.78 Å². The number of hydrogen-bond donors (Lipinski definition) is 2. The number of nitrogens with zero attached hydrogens (tertiary/aromatic N) is 1. The van der Waals surface area contributed by atoms with Gasteiger partial charge in [0.2, 0.25) is 5.91 Å². The van der Waals surface area contributed by atoms with Crippen molar-refractivity contribution in [3.8, 4) is 0 Å². The SMILES string of the molecule is Cc1ccc(CNC(=O)C(CN)c2ccccc2)cn1. The molecule has 0 aliphatic rings. The molecule has 0 aliphatic carbocycles. The molecule has 1 aromatic carbocycles. The van der Waals surface area contributed by atoms with E-state index in [0.717, 1.165) is 16.8 Å². The maximum atomic E-state index is 12.2. The first-order chi connectivity index (χ1) is 9.70. The Kier molecular flexibility index (Phi) is 4.85. The standard InChI is InChI=1S/C16H19N3O/c1-12-7-8-13(10-18-12)11-19-16(20)15(9-17)14-5-3-2-4-6-14/h2-8,10,15H,9,11,17H2,1H3,(H,19,20). The minimum absolute atomic E-state index is 0.0562. The first-order valence-electron chi connectivity index (χ1n) is 6.65. The van der Waals surface area contributed by atoms with Crippen molar-refractivity contribution in [2.24, 2.45) is 5.73 Å². The first-order valence-corrected chi connectivity index (χ1v) is 6.65. The van der Waals surface area contributed by atoms with E-state index in [1.807, 2.05) is 49.4 Å². The number of benzene rings is 1. The third kappa shape index (κ3) is 3.65. The maximum absolute atomic E-state index is 12.2. The predicted molar refractivity (Wildman–Crippen MR) is 79.1 cm³/mol. The molecule has 1 atom stereocenters. The molecule has 104 valence electrons. The monoisotopic (exact) mass is 269 g/mol. The van der Waals surface area contributed by atoms with E-state index >= 15 is 0 Å². The van der Waals surface area contributed by atoms with Crippen LogP contribution in [0.25, 0.3) is 0 Å². The second-order valence-corrected chi connectivity index (χ2v) is 4.72. The molecule has 20 heavy (non-hydrogen) atoms. The molecule has 0 saturated heterocycles. The van der Waals surface area contributed by atoms with Gasteiger partial charge in [0, 0.05) is 25.0 Å². The lowest BCUT2D eigenvalue weighted by atomic mass is 9.98. The minimum atomic E-state index is -0.311. The van der Waals surface area contributed by atoms with Crippen LogP contribution in [0.15, 0.2) is 48.7 Å². The highest BCUT2D eigenvalue weighted by Crippen LogP contribution is 2.14. The fourth-order valence-electron chi connectivity index (χ4n) is 2.00. The minimum Gasteiger partial charge on any atom is -0.351 e. The highest BCUT2D eigenvalue weighted by molar-refractivity contribution is 5.83. The third-order valence-corrected chi connectivity index (χ3v) is 3.19. The van der Waals surface area contributed by atoms with Crippen LogP contribution in [0.2, 0.25) is 0 Å². The molecular weight excluding hydrogens is 250 g/mol. The van der Waals surface area contributed by atoms with Crippen LogP contribution in [0.1, 0.15) is 22.7 Å². The Hall–Kier alpha value is -2.20. The maximum Gasteiger partial charge on any atom is 0.229 e. The summed E-state index contributed by atoms with van der Waals surface area (Å²) in [6.07, 6.45) is 1.77. The van der Waals surface area contributed by atoms with Crippen LogP contribution in [-0.4, -0.2) is 17.4 Å². The van der Waals surface area contributed by atoms with Crippen molar-refractivity contribution in [2.75, 3.05) is 6.54 Å². The van der Waals surface area contributed by atoms with Gasteiger partial charge in [-0.05, 0) is 24.1 Å². The topological polar surface area (TPSA) is 68.0 Å². The van der Waals surface area contributed by atoms with Crippen LogP contribution in [0.3, 0.4) is 0 Å². The number of nitrogens with one attached hydrogen (secondary N) is 1. The number of amides is 1. The molecular formula is C16H19N3O. The van der Waals surface area contributed by atoms with Gasteiger partial charge in [-0.1, -0.05) is 36.4 Å².